The molecule has 120 valence electrons. The molecule has 1 heterocycles. The van der Waals surface area contributed by atoms with Crippen molar-refractivity contribution >= 4 is 22.8 Å². The lowest BCUT2D eigenvalue weighted by atomic mass is 10.3. The summed E-state index contributed by atoms with van der Waals surface area (Å²) in [6, 6.07) is 18.3. The van der Waals surface area contributed by atoms with E-state index in [1.807, 2.05) is 36.4 Å². The third-order valence-corrected chi connectivity index (χ3v) is 4.62. The van der Waals surface area contributed by atoms with Gasteiger partial charge in [-0.15, -0.1) is 0 Å². The molecule has 3 aromatic rings. The molecule has 0 fully saturated rings. The minimum Gasteiger partial charge on any atom is -0.493 e. The van der Waals surface area contributed by atoms with Gasteiger partial charge in [-0.2, -0.15) is 0 Å². The maximum absolute atomic E-state index is 5.76. The second kappa shape index (κ2) is 8.06. The van der Waals surface area contributed by atoms with E-state index in [2.05, 4.69) is 29.7 Å². The third-order valence-electron chi connectivity index (χ3n) is 3.68. The number of hydrogen-bond donors (Lipinski definition) is 0. The number of nitrogens with zero attached hydrogens (tertiary/aromatic N) is 2. The molecule has 3 rings (SSSR count). The number of hydrogen-bond acceptors (Lipinski definition) is 3. The molecule has 0 saturated carbocycles. The van der Waals surface area contributed by atoms with Gasteiger partial charge in [-0.25, -0.2) is 4.98 Å². The molecule has 0 aliphatic heterocycles. The summed E-state index contributed by atoms with van der Waals surface area (Å²) in [6.07, 6.45) is 2.36. The van der Waals surface area contributed by atoms with Crippen molar-refractivity contribution in [2.45, 2.75) is 31.5 Å². The number of thioether (sulfide) groups is 1. The second-order valence-electron chi connectivity index (χ2n) is 5.40. The summed E-state index contributed by atoms with van der Waals surface area (Å²) >= 11 is 1.77. The Morgan fingerprint density at radius 2 is 1.83 bits per heavy atom. The highest BCUT2D eigenvalue weighted by molar-refractivity contribution is 7.99. The topological polar surface area (TPSA) is 27.1 Å². The molecule has 0 radical (unpaired) electrons. The Bertz CT molecular complexity index is 739. The van der Waals surface area contributed by atoms with Gasteiger partial charge >= 0.3 is 0 Å². The van der Waals surface area contributed by atoms with E-state index < -0.39 is 0 Å². The van der Waals surface area contributed by atoms with E-state index in [-0.39, 0.29) is 0 Å². The molecule has 0 saturated heterocycles. The van der Waals surface area contributed by atoms with Gasteiger partial charge in [0.15, 0.2) is 5.16 Å². The van der Waals surface area contributed by atoms with Crippen molar-refractivity contribution in [2.24, 2.45) is 0 Å². The second-order valence-corrected chi connectivity index (χ2v) is 6.46. The SMILES string of the molecule is CCCCn1c(SCCOc2ccccc2)nc2ccccc21. The van der Waals surface area contributed by atoms with Crippen molar-refractivity contribution in [1.29, 1.82) is 0 Å². The maximum atomic E-state index is 5.76. The molecular formula is C19H22N2OS. The number of imidazole rings is 1. The number of benzene rings is 2. The van der Waals surface area contributed by atoms with Crippen LogP contribution in [0.4, 0.5) is 0 Å². The van der Waals surface area contributed by atoms with Crippen LogP contribution in [0.2, 0.25) is 0 Å². The predicted molar refractivity (Wildman–Crippen MR) is 97.3 cm³/mol. The lowest BCUT2D eigenvalue weighted by molar-refractivity contribution is 0.344. The molecule has 0 atom stereocenters. The Morgan fingerprint density at radius 1 is 1.04 bits per heavy atom. The van der Waals surface area contributed by atoms with Gasteiger partial charge in [0.25, 0.3) is 0 Å². The minimum atomic E-state index is 0.686. The Kier molecular flexibility index (Phi) is 5.59. The number of para-hydroxylation sites is 3. The quantitative estimate of drug-likeness (QED) is 0.430. The van der Waals surface area contributed by atoms with Gasteiger partial charge < -0.3 is 9.30 Å². The lowest BCUT2D eigenvalue weighted by Gasteiger charge is -2.09. The number of fused-ring (bicyclic) bond motifs is 1. The fourth-order valence-corrected chi connectivity index (χ4v) is 3.36. The van der Waals surface area contributed by atoms with Gasteiger partial charge in [0.2, 0.25) is 0 Å². The zero-order valence-corrected chi connectivity index (χ0v) is 14.3. The smallest absolute Gasteiger partial charge is 0.169 e. The van der Waals surface area contributed by atoms with E-state index in [0.29, 0.717) is 6.61 Å². The van der Waals surface area contributed by atoms with Crippen molar-refractivity contribution in [3.8, 4) is 5.75 Å². The molecule has 2 aromatic carbocycles. The van der Waals surface area contributed by atoms with E-state index in [1.54, 1.807) is 11.8 Å². The largest absolute Gasteiger partial charge is 0.493 e. The molecule has 0 N–H and O–H groups in total. The van der Waals surface area contributed by atoms with Gasteiger partial charge in [-0.3, -0.25) is 0 Å². The first-order chi connectivity index (χ1) is 11.4. The fourth-order valence-electron chi connectivity index (χ4n) is 2.51. The van der Waals surface area contributed by atoms with E-state index in [1.165, 1.54) is 18.4 Å². The Balaban J connectivity index is 1.64. The van der Waals surface area contributed by atoms with E-state index in [0.717, 1.165) is 28.7 Å². The van der Waals surface area contributed by atoms with Crippen molar-refractivity contribution < 1.29 is 4.74 Å². The summed E-state index contributed by atoms with van der Waals surface area (Å²) in [5.41, 5.74) is 2.31. The number of ether oxygens (including phenoxy) is 1. The van der Waals surface area contributed by atoms with Gasteiger partial charge in [-0.05, 0) is 30.7 Å². The van der Waals surface area contributed by atoms with Crippen LogP contribution >= 0.6 is 11.8 Å². The summed E-state index contributed by atoms with van der Waals surface area (Å²) in [7, 11) is 0. The van der Waals surface area contributed by atoms with Gasteiger partial charge in [-0.1, -0.05) is 55.4 Å². The highest BCUT2D eigenvalue weighted by atomic mass is 32.2. The standard InChI is InChI=1S/C19H22N2OS/c1-2-3-13-21-18-12-8-7-11-17(18)20-19(21)23-15-14-22-16-9-5-4-6-10-16/h4-12H,2-3,13-15H2,1H3. The average molecular weight is 326 g/mol. The van der Waals surface area contributed by atoms with Crippen LogP contribution in [0.15, 0.2) is 59.8 Å². The van der Waals surface area contributed by atoms with Crippen LogP contribution < -0.4 is 4.74 Å². The van der Waals surface area contributed by atoms with Gasteiger partial charge in [0.05, 0.1) is 17.6 Å². The van der Waals surface area contributed by atoms with Crippen LogP contribution in [0.3, 0.4) is 0 Å². The zero-order valence-electron chi connectivity index (χ0n) is 13.4. The molecule has 23 heavy (non-hydrogen) atoms. The lowest BCUT2D eigenvalue weighted by Crippen LogP contribution is -2.03. The van der Waals surface area contributed by atoms with Crippen molar-refractivity contribution in [1.82, 2.24) is 9.55 Å². The summed E-state index contributed by atoms with van der Waals surface area (Å²) in [6.45, 7) is 3.93. The zero-order chi connectivity index (χ0) is 15.9. The van der Waals surface area contributed by atoms with Crippen molar-refractivity contribution in [2.75, 3.05) is 12.4 Å². The number of aryl methyl sites for hydroxylation is 1. The van der Waals surface area contributed by atoms with Crippen LogP contribution in [-0.4, -0.2) is 21.9 Å². The maximum Gasteiger partial charge on any atom is 0.169 e. The first kappa shape index (κ1) is 15.9. The van der Waals surface area contributed by atoms with Crippen molar-refractivity contribution in [3.63, 3.8) is 0 Å². The molecule has 3 nitrogen and oxygen atoms in total. The summed E-state index contributed by atoms with van der Waals surface area (Å²) in [5.74, 6) is 1.82. The van der Waals surface area contributed by atoms with Crippen LogP contribution in [0.25, 0.3) is 11.0 Å². The molecule has 0 amide bonds. The van der Waals surface area contributed by atoms with E-state index in [9.17, 15) is 0 Å². The number of unbranched alkanes of at least 4 members (excludes halogenated alkanes) is 1. The van der Waals surface area contributed by atoms with Crippen LogP contribution in [0.1, 0.15) is 19.8 Å². The van der Waals surface area contributed by atoms with Gasteiger partial charge in [0, 0.05) is 12.3 Å². The normalized spacial score (nSPS) is 11.0. The van der Waals surface area contributed by atoms with E-state index >= 15 is 0 Å². The molecule has 4 heteroatoms. The average Bonchev–Trinajstić information content (AvgIpc) is 2.95. The van der Waals surface area contributed by atoms with Crippen LogP contribution in [0.5, 0.6) is 5.75 Å². The summed E-state index contributed by atoms with van der Waals surface area (Å²) < 4.78 is 8.10. The molecule has 0 aliphatic rings. The monoisotopic (exact) mass is 326 g/mol. The highest BCUT2D eigenvalue weighted by Crippen LogP contribution is 2.24. The first-order valence-electron chi connectivity index (χ1n) is 8.14. The van der Waals surface area contributed by atoms with Crippen molar-refractivity contribution in [3.05, 3.63) is 54.6 Å². The molecular weight excluding hydrogens is 304 g/mol. The number of rotatable bonds is 8. The molecule has 1 aromatic heterocycles. The Hall–Kier alpha value is -1.94. The number of aromatic nitrogens is 2. The molecule has 0 bridgehead atoms. The van der Waals surface area contributed by atoms with E-state index in [4.69, 9.17) is 9.72 Å². The molecule has 0 spiro atoms. The first-order valence-corrected chi connectivity index (χ1v) is 9.13. The van der Waals surface area contributed by atoms with Crippen LogP contribution in [-0.2, 0) is 6.54 Å². The summed E-state index contributed by atoms with van der Waals surface area (Å²) in [4.78, 5) is 4.78. The molecule has 0 unspecified atom stereocenters. The predicted octanol–water partition coefficient (Wildman–Crippen LogP) is 5.01. The Labute approximate surface area is 141 Å². The Morgan fingerprint density at radius 3 is 2.65 bits per heavy atom. The summed E-state index contributed by atoms with van der Waals surface area (Å²) in [5, 5.41) is 1.09. The minimum absolute atomic E-state index is 0.686. The molecule has 0 aliphatic carbocycles. The fraction of sp³-hybridized carbons (Fsp3) is 0.316. The van der Waals surface area contributed by atoms with Crippen LogP contribution in [0, 0.1) is 0 Å². The highest BCUT2D eigenvalue weighted by Gasteiger charge is 2.10. The third kappa shape index (κ3) is 4.08. The van der Waals surface area contributed by atoms with Gasteiger partial charge in [0.1, 0.15) is 5.75 Å².